The molecule has 0 aliphatic carbocycles. The van der Waals surface area contributed by atoms with Crippen LogP contribution >= 0.6 is 0 Å². The van der Waals surface area contributed by atoms with E-state index in [1.807, 2.05) is 30.3 Å². The van der Waals surface area contributed by atoms with Crippen LogP contribution in [0.2, 0.25) is 0 Å². The van der Waals surface area contributed by atoms with E-state index in [0.717, 1.165) is 5.56 Å². The van der Waals surface area contributed by atoms with Crippen LogP contribution in [0.3, 0.4) is 0 Å². The van der Waals surface area contributed by atoms with Crippen molar-refractivity contribution in [2.75, 3.05) is 13.2 Å². The third-order valence-electron chi connectivity index (χ3n) is 4.82. The molecule has 0 aliphatic rings. The van der Waals surface area contributed by atoms with E-state index in [1.165, 1.54) is 6.07 Å². The highest BCUT2D eigenvalue weighted by molar-refractivity contribution is 5.96. The van der Waals surface area contributed by atoms with E-state index >= 15 is 0 Å². The fourth-order valence-electron chi connectivity index (χ4n) is 3.49. The summed E-state index contributed by atoms with van der Waals surface area (Å²) < 4.78 is 16.3. The maximum Gasteiger partial charge on any atom is 0.320 e. The Kier molecular flexibility index (Phi) is 7.01. The number of fused-ring (bicyclic) bond motifs is 1. The number of carbonyl (C=O) groups is 2. The van der Waals surface area contributed by atoms with Crippen LogP contribution in [0, 0.1) is 5.92 Å². The molecule has 1 atom stereocenters. The fraction of sp³-hybridized carbons (Fsp3) is 0.292. The van der Waals surface area contributed by atoms with Crippen molar-refractivity contribution in [3.05, 3.63) is 82.2 Å². The van der Waals surface area contributed by atoms with Gasteiger partial charge in [-0.15, -0.1) is 0 Å². The van der Waals surface area contributed by atoms with Crippen molar-refractivity contribution >= 4 is 22.9 Å². The van der Waals surface area contributed by atoms with Crippen LogP contribution in [0.5, 0.6) is 0 Å². The standard InChI is InChI=1S/C24H24O6/c1-3-28-23(26)22(24(27)29-4-2)19(16-10-6-5-7-11-16)14-17-15-20(25)18-12-8-9-13-21(18)30-17/h5-13,15,19,22H,3-4,14H2,1-2H3. The number of para-hydroxylation sites is 1. The molecule has 0 fully saturated rings. The molecule has 0 bridgehead atoms. The van der Waals surface area contributed by atoms with Crippen molar-refractivity contribution in [1.82, 2.24) is 0 Å². The van der Waals surface area contributed by atoms with Crippen molar-refractivity contribution in [1.29, 1.82) is 0 Å². The van der Waals surface area contributed by atoms with Crippen LogP contribution in [0.1, 0.15) is 31.1 Å². The molecule has 1 aromatic heterocycles. The molecule has 0 N–H and O–H groups in total. The molecule has 6 heteroatoms. The number of hydrogen-bond donors (Lipinski definition) is 0. The van der Waals surface area contributed by atoms with Crippen molar-refractivity contribution < 1.29 is 23.5 Å². The normalized spacial score (nSPS) is 12.0. The minimum Gasteiger partial charge on any atom is -0.465 e. The smallest absolute Gasteiger partial charge is 0.320 e. The number of hydrogen-bond acceptors (Lipinski definition) is 6. The second-order valence-corrected chi connectivity index (χ2v) is 6.78. The largest absolute Gasteiger partial charge is 0.465 e. The first-order valence-electron chi connectivity index (χ1n) is 9.95. The van der Waals surface area contributed by atoms with Crippen LogP contribution in [0.25, 0.3) is 11.0 Å². The highest BCUT2D eigenvalue weighted by atomic mass is 16.6. The van der Waals surface area contributed by atoms with Crippen molar-refractivity contribution in [3.8, 4) is 0 Å². The van der Waals surface area contributed by atoms with Gasteiger partial charge in [0.1, 0.15) is 11.3 Å². The Morgan fingerprint density at radius 3 is 2.13 bits per heavy atom. The Morgan fingerprint density at radius 1 is 0.900 bits per heavy atom. The number of rotatable bonds is 8. The van der Waals surface area contributed by atoms with E-state index in [2.05, 4.69) is 0 Å². The van der Waals surface area contributed by atoms with Gasteiger partial charge in [0.25, 0.3) is 0 Å². The first-order valence-corrected chi connectivity index (χ1v) is 9.95. The van der Waals surface area contributed by atoms with E-state index in [0.29, 0.717) is 16.7 Å². The third-order valence-corrected chi connectivity index (χ3v) is 4.82. The number of ether oxygens (including phenoxy) is 2. The van der Waals surface area contributed by atoms with Gasteiger partial charge in [-0.25, -0.2) is 0 Å². The molecule has 1 heterocycles. The zero-order valence-electron chi connectivity index (χ0n) is 17.0. The first kappa shape index (κ1) is 21.3. The summed E-state index contributed by atoms with van der Waals surface area (Å²) in [6.07, 6.45) is 0.159. The molecular formula is C24H24O6. The molecule has 156 valence electrons. The van der Waals surface area contributed by atoms with Crippen LogP contribution in [-0.2, 0) is 25.5 Å². The summed E-state index contributed by atoms with van der Waals surface area (Å²) >= 11 is 0. The lowest BCUT2D eigenvalue weighted by Crippen LogP contribution is -2.34. The van der Waals surface area contributed by atoms with Crippen LogP contribution in [-0.4, -0.2) is 25.2 Å². The van der Waals surface area contributed by atoms with Crippen molar-refractivity contribution in [2.45, 2.75) is 26.2 Å². The second kappa shape index (κ2) is 9.87. The Hall–Kier alpha value is -3.41. The average molecular weight is 408 g/mol. The van der Waals surface area contributed by atoms with E-state index in [9.17, 15) is 14.4 Å². The molecule has 3 aromatic rings. The Morgan fingerprint density at radius 2 is 1.50 bits per heavy atom. The lowest BCUT2D eigenvalue weighted by Gasteiger charge is -2.24. The van der Waals surface area contributed by atoms with Gasteiger partial charge in [-0.2, -0.15) is 0 Å². The average Bonchev–Trinajstić information content (AvgIpc) is 2.74. The third kappa shape index (κ3) is 4.76. The van der Waals surface area contributed by atoms with Crippen LogP contribution in [0.4, 0.5) is 0 Å². The van der Waals surface area contributed by atoms with E-state index in [4.69, 9.17) is 13.9 Å². The van der Waals surface area contributed by atoms with Gasteiger partial charge in [0, 0.05) is 18.4 Å². The SMILES string of the molecule is CCOC(=O)C(C(=O)OCC)C(Cc1cc(=O)c2ccccc2o1)c1ccccc1. The molecule has 3 rings (SSSR count). The van der Waals surface area contributed by atoms with Gasteiger partial charge >= 0.3 is 11.9 Å². The molecule has 0 spiro atoms. The highest BCUT2D eigenvalue weighted by Gasteiger charge is 2.39. The summed E-state index contributed by atoms with van der Waals surface area (Å²) in [6, 6.07) is 17.5. The predicted octanol–water partition coefficient (Wildman–Crippen LogP) is 3.86. The van der Waals surface area contributed by atoms with Gasteiger partial charge in [0.15, 0.2) is 11.3 Å². The van der Waals surface area contributed by atoms with Crippen molar-refractivity contribution in [2.24, 2.45) is 5.92 Å². The fourth-order valence-corrected chi connectivity index (χ4v) is 3.49. The first-order chi connectivity index (χ1) is 14.5. The lowest BCUT2D eigenvalue weighted by molar-refractivity contribution is -0.162. The van der Waals surface area contributed by atoms with Gasteiger partial charge in [-0.1, -0.05) is 42.5 Å². The van der Waals surface area contributed by atoms with Gasteiger partial charge in [0.2, 0.25) is 0 Å². The van der Waals surface area contributed by atoms with Crippen LogP contribution in [0.15, 0.2) is 69.9 Å². The summed E-state index contributed by atoms with van der Waals surface area (Å²) in [6.45, 7) is 3.64. The topological polar surface area (TPSA) is 82.8 Å². The van der Waals surface area contributed by atoms with E-state index in [-0.39, 0.29) is 25.1 Å². The summed E-state index contributed by atoms with van der Waals surface area (Å²) in [4.78, 5) is 38.0. The van der Waals surface area contributed by atoms with Crippen LogP contribution < -0.4 is 5.43 Å². The molecule has 1 unspecified atom stereocenters. The molecule has 0 amide bonds. The highest BCUT2D eigenvalue weighted by Crippen LogP contribution is 2.31. The van der Waals surface area contributed by atoms with Gasteiger partial charge in [-0.3, -0.25) is 14.4 Å². The monoisotopic (exact) mass is 408 g/mol. The molecule has 0 saturated carbocycles. The number of benzene rings is 2. The summed E-state index contributed by atoms with van der Waals surface area (Å²) in [5.74, 6) is -2.73. The lowest BCUT2D eigenvalue weighted by atomic mass is 9.82. The van der Waals surface area contributed by atoms with E-state index < -0.39 is 23.8 Å². The van der Waals surface area contributed by atoms with Crippen molar-refractivity contribution in [3.63, 3.8) is 0 Å². The molecule has 6 nitrogen and oxygen atoms in total. The Bertz CT molecular complexity index is 1050. The molecule has 0 saturated heterocycles. The minimum absolute atomic E-state index is 0.140. The number of carbonyl (C=O) groups excluding carboxylic acids is 2. The summed E-state index contributed by atoms with van der Waals surface area (Å²) in [5, 5.41) is 0.477. The number of esters is 2. The molecule has 0 radical (unpaired) electrons. The zero-order valence-corrected chi connectivity index (χ0v) is 17.0. The summed E-state index contributed by atoms with van der Waals surface area (Å²) in [7, 11) is 0. The van der Waals surface area contributed by atoms with Gasteiger partial charge < -0.3 is 13.9 Å². The minimum atomic E-state index is -1.18. The van der Waals surface area contributed by atoms with Gasteiger partial charge in [-0.05, 0) is 31.5 Å². The maximum absolute atomic E-state index is 12.7. The molecule has 0 aliphatic heterocycles. The second-order valence-electron chi connectivity index (χ2n) is 6.78. The zero-order chi connectivity index (χ0) is 21.5. The predicted molar refractivity (Wildman–Crippen MR) is 112 cm³/mol. The quantitative estimate of drug-likeness (QED) is 0.416. The molecular weight excluding hydrogens is 384 g/mol. The summed E-state index contributed by atoms with van der Waals surface area (Å²) in [5.41, 5.74) is 1.03. The Balaban J connectivity index is 2.07. The molecule has 30 heavy (non-hydrogen) atoms. The van der Waals surface area contributed by atoms with Gasteiger partial charge in [0.05, 0.1) is 18.6 Å². The van der Waals surface area contributed by atoms with E-state index in [1.54, 1.807) is 38.1 Å². The maximum atomic E-state index is 12.7. The molecule has 2 aromatic carbocycles. The Labute approximate surface area is 174 Å².